The molecule has 0 aromatic carbocycles. The number of esters is 4. The van der Waals surface area contributed by atoms with Gasteiger partial charge in [-0.1, -0.05) is 426 Å². The van der Waals surface area contributed by atoms with Crippen molar-refractivity contribution in [3.63, 3.8) is 0 Å². The first-order valence-corrected chi connectivity index (χ1v) is 48.6. The minimum absolute atomic E-state index is 0.107. The van der Waals surface area contributed by atoms with Crippen molar-refractivity contribution in [2.24, 2.45) is 5.92 Å². The Labute approximate surface area is 658 Å². The second-order valence-electron chi connectivity index (χ2n) is 32.1. The Morgan fingerprint density at radius 2 is 0.430 bits per heavy atom. The summed E-state index contributed by atoms with van der Waals surface area (Å²) in [4.78, 5) is 73.3. The molecule has 17 nitrogen and oxygen atoms in total. The fourth-order valence-electron chi connectivity index (χ4n) is 13.8. The van der Waals surface area contributed by atoms with Crippen LogP contribution in [0.2, 0.25) is 0 Å². The van der Waals surface area contributed by atoms with Crippen molar-refractivity contribution in [2.45, 2.75) is 496 Å². The quantitative estimate of drug-likeness (QED) is 0.0222. The number of ether oxygens (including phenoxy) is 4. The molecule has 3 N–H and O–H groups in total. The number of carbonyl (C=O) groups is 4. The monoisotopic (exact) mass is 1560 g/mol. The lowest BCUT2D eigenvalue weighted by Crippen LogP contribution is -2.30. The molecule has 0 fully saturated rings. The van der Waals surface area contributed by atoms with Gasteiger partial charge in [0, 0.05) is 25.7 Å². The lowest BCUT2D eigenvalue weighted by atomic mass is 10.0. The summed E-state index contributed by atoms with van der Waals surface area (Å²) in [6, 6.07) is 0. The van der Waals surface area contributed by atoms with Crippen molar-refractivity contribution in [3.8, 4) is 0 Å². The lowest BCUT2D eigenvalue weighted by Gasteiger charge is -2.21. The minimum Gasteiger partial charge on any atom is -0.462 e. The van der Waals surface area contributed by atoms with Crippen LogP contribution < -0.4 is 0 Å². The standard InChI is InChI=1S/C88H172O17P2/c1-6-9-12-15-18-21-24-26-28-30-32-34-35-37-39-41-43-48-53-58-63-68-73-87(92)104-84(78-99-86(91)72-67-62-57-52-47-42-40-38-36-33-31-29-27-25-22-19-16-13-10-7-2)80-103-107(96,97)101-76-82(89)75-100-106(94,95)102-79-83(77-98-85(90)71-66-61-56-51-45-23-20-17-14-11-8-3)105-88(93)74-69-64-59-54-49-44-46-50-55-60-65-70-81(4)5/h81-84,89H,6-80H2,1-5H3,(H,94,95)(H,96,97)/t82-,83+,84+/m0/s1. The largest absolute Gasteiger partial charge is 0.472 e. The van der Waals surface area contributed by atoms with Crippen molar-refractivity contribution in [1.29, 1.82) is 0 Å². The van der Waals surface area contributed by atoms with Crippen LogP contribution in [0.15, 0.2) is 0 Å². The molecule has 0 aromatic heterocycles. The summed E-state index contributed by atoms with van der Waals surface area (Å²) in [5.74, 6) is -1.33. The van der Waals surface area contributed by atoms with Crippen molar-refractivity contribution in [1.82, 2.24) is 0 Å². The van der Waals surface area contributed by atoms with Gasteiger partial charge in [0.1, 0.15) is 19.3 Å². The fourth-order valence-corrected chi connectivity index (χ4v) is 15.4. The van der Waals surface area contributed by atoms with E-state index in [9.17, 15) is 43.2 Å². The summed E-state index contributed by atoms with van der Waals surface area (Å²) in [6.07, 6.45) is 75.1. The Morgan fingerprint density at radius 1 is 0.252 bits per heavy atom. The Balaban J connectivity index is 5.22. The number of unbranched alkanes of at least 4 members (excludes halogenated alkanes) is 60. The van der Waals surface area contributed by atoms with Crippen LogP contribution in [0.5, 0.6) is 0 Å². The molecule has 0 rings (SSSR count). The molecule has 107 heavy (non-hydrogen) atoms. The topological polar surface area (TPSA) is 237 Å². The van der Waals surface area contributed by atoms with Gasteiger partial charge in [0.05, 0.1) is 26.4 Å². The Kier molecular flexibility index (Phi) is 79.2. The first-order chi connectivity index (χ1) is 52.0. The van der Waals surface area contributed by atoms with Gasteiger partial charge in [-0.15, -0.1) is 0 Å². The maximum Gasteiger partial charge on any atom is 0.472 e. The predicted molar refractivity (Wildman–Crippen MR) is 442 cm³/mol. The number of rotatable bonds is 88. The highest BCUT2D eigenvalue weighted by atomic mass is 31.2. The number of phosphoric ester groups is 2. The van der Waals surface area contributed by atoms with E-state index in [1.165, 1.54) is 302 Å². The molecule has 0 radical (unpaired) electrons. The number of hydrogen-bond acceptors (Lipinski definition) is 15. The molecule has 0 saturated heterocycles. The average molecular weight is 1560 g/mol. The first kappa shape index (κ1) is 105. The molecule has 0 bridgehead atoms. The van der Waals surface area contributed by atoms with Gasteiger partial charge in [0.2, 0.25) is 0 Å². The van der Waals surface area contributed by atoms with E-state index >= 15 is 0 Å². The van der Waals surface area contributed by atoms with Gasteiger partial charge in [0.25, 0.3) is 0 Å². The van der Waals surface area contributed by atoms with Crippen LogP contribution in [0.4, 0.5) is 0 Å². The maximum absolute atomic E-state index is 13.2. The van der Waals surface area contributed by atoms with E-state index in [0.29, 0.717) is 25.7 Å². The Morgan fingerprint density at radius 3 is 0.636 bits per heavy atom. The second-order valence-corrected chi connectivity index (χ2v) is 35.0. The Bertz CT molecular complexity index is 2030. The van der Waals surface area contributed by atoms with E-state index in [2.05, 4.69) is 34.6 Å². The molecular formula is C88H172O17P2. The van der Waals surface area contributed by atoms with Crippen LogP contribution >= 0.6 is 15.6 Å². The molecule has 5 atom stereocenters. The number of phosphoric acid groups is 2. The van der Waals surface area contributed by atoms with Gasteiger partial charge >= 0.3 is 39.5 Å². The maximum atomic E-state index is 13.2. The molecule has 636 valence electrons. The van der Waals surface area contributed by atoms with Crippen LogP contribution in [0.3, 0.4) is 0 Å². The second kappa shape index (κ2) is 80.7. The van der Waals surface area contributed by atoms with Crippen LogP contribution in [0.25, 0.3) is 0 Å². The lowest BCUT2D eigenvalue weighted by molar-refractivity contribution is -0.161. The van der Waals surface area contributed by atoms with E-state index in [-0.39, 0.29) is 25.7 Å². The predicted octanol–water partition coefficient (Wildman–Crippen LogP) is 27.2. The summed E-state index contributed by atoms with van der Waals surface area (Å²) < 4.78 is 68.9. The van der Waals surface area contributed by atoms with Gasteiger partial charge in [-0.3, -0.25) is 37.3 Å². The molecule has 0 aliphatic carbocycles. The van der Waals surface area contributed by atoms with Gasteiger partial charge in [-0.25, -0.2) is 9.13 Å². The third kappa shape index (κ3) is 81.9. The molecule has 0 amide bonds. The van der Waals surface area contributed by atoms with Crippen LogP contribution in [0, 0.1) is 5.92 Å². The summed E-state index contributed by atoms with van der Waals surface area (Å²) >= 11 is 0. The van der Waals surface area contributed by atoms with Gasteiger partial charge in [0.15, 0.2) is 12.2 Å². The number of carbonyl (C=O) groups excluding carboxylic acids is 4. The first-order valence-electron chi connectivity index (χ1n) is 45.6. The zero-order chi connectivity index (χ0) is 78.3. The SMILES string of the molecule is CCCCCCCCCCCCCCCCCCCCCCCCC(=O)O[C@H](COC(=O)CCCCCCCCCCCCCCCCCCCCCC)COP(=O)(O)OC[C@@H](O)COP(=O)(O)OC[C@@H](COC(=O)CCCCCCCCCCCCC)OC(=O)CCCCCCCCCCCCCC(C)C. The highest BCUT2D eigenvalue weighted by Crippen LogP contribution is 2.45. The van der Waals surface area contributed by atoms with Crippen LogP contribution in [0.1, 0.15) is 478 Å². The number of hydrogen-bond donors (Lipinski definition) is 3. The van der Waals surface area contributed by atoms with E-state index in [4.69, 9.17) is 37.0 Å². The zero-order valence-corrected chi connectivity index (χ0v) is 72.1. The summed E-state index contributed by atoms with van der Waals surface area (Å²) in [6.45, 7) is 7.37. The van der Waals surface area contributed by atoms with Crippen molar-refractivity contribution < 1.29 is 80.2 Å². The molecular weight excluding hydrogens is 1390 g/mol. The molecule has 0 heterocycles. The van der Waals surface area contributed by atoms with E-state index in [1.54, 1.807) is 0 Å². The summed E-state index contributed by atoms with van der Waals surface area (Å²) in [5, 5.41) is 10.7. The van der Waals surface area contributed by atoms with Crippen molar-refractivity contribution in [3.05, 3.63) is 0 Å². The molecule has 0 spiro atoms. The molecule has 0 aliphatic rings. The van der Waals surface area contributed by atoms with Crippen LogP contribution in [-0.2, 0) is 65.4 Å². The van der Waals surface area contributed by atoms with Gasteiger partial charge in [-0.05, 0) is 31.6 Å². The average Bonchev–Trinajstić information content (AvgIpc) is 0.903. The van der Waals surface area contributed by atoms with Gasteiger partial charge < -0.3 is 33.8 Å². The van der Waals surface area contributed by atoms with E-state index in [0.717, 1.165) is 95.8 Å². The Hall–Kier alpha value is -1.94. The number of aliphatic hydroxyl groups is 1. The van der Waals surface area contributed by atoms with Crippen molar-refractivity contribution in [2.75, 3.05) is 39.6 Å². The summed E-state index contributed by atoms with van der Waals surface area (Å²) in [7, 11) is -9.93. The van der Waals surface area contributed by atoms with Gasteiger partial charge in [-0.2, -0.15) is 0 Å². The van der Waals surface area contributed by atoms with E-state index in [1.807, 2.05) is 0 Å². The van der Waals surface area contributed by atoms with E-state index < -0.39 is 97.5 Å². The molecule has 19 heteroatoms. The zero-order valence-electron chi connectivity index (χ0n) is 70.3. The highest BCUT2D eigenvalue weighted by molar-refractivity contribution is 7.47. The fraction of sp³-hybridized carbons (Fsp3) is 0.955. The normalized spacial score (nSPS) is 13.7. The smallest absolute Gasteiger partial charge is 0.462 e. The molecule has 0 saturated carbocycles. The minimum atomic E-state index is -4.97. The van der Waals surface area contributed by atoms with Crippen LogP contribution in [-0.4, -0.2) is 96.7 Å². The summed E-state index contributed by atoms with van der Waals surface area (Å²) in [5.41, 5.74) is 0. The van der Waals surface area contributed by atoms with Crippen molar-refractivity contribution >= 4 is 39.5 Å². The molecule has 0 aromatic rings. The third-order valence-corrected chi connectivity index (χ3v) is 22.7. The number of aliphatic hydroxyl groups excluding tert-OH is 1. The molecule has 2 unspecified atom stereocenters. The third-order valence-electron chi connectivity index (χ3n) is 20.8. The molecule has 0 aliphatic heterocycles. The highest BCUT2D eigenvalue weighted by Gasteiger charge is 2.30.